The van der Waals surface area contributed by atoms with Crippen LogP contribution in [-0.2, 0) is 0 Å². The summed E-state index contributed by atoms with van der Waals surface area (Å²) >= 11 is 0. The number of allylic oxidation sites excluding steroid dienone is 2. The summed E-state index contributed by atoms with van der Waals surface area (Å²) in [7, 11) is 0. The van der Waals surface area contributed by atoms with Gasteiger partial charge in [-0.05, 0) is 49.8 Å². The Morgan fingerprint density at radius 2 is 2.06 bits per heavy atom. The van der Waals surface area contributed by atoms with E-state index in [1.54, 1.807) is 12.4 Å². The summed E-state index contributed by atoms with van der Waals surface area (Å²) < 4.78 is 0. The average molecular weight is 229 g/mol. The fourth-order valence-electron chi connectivity index (χ4n) is 2.30. The number of nitrogens with zero attached hydrogens (tertiary/aromatic N) is 1. The van der Waals surface area contributed by atoms with Gasteiger partial charge in [-0.1, -0.05) is 18.9 Å². The largest absolute Gasteiger partial charge is 0.289 e. The van der Waals surface area contributed by atoms with Crippen molar-refractivity contribution < 1.29 is 4.79 Å². The number of pyridine rings is 1. The van der Waals surface area contributed by atoms with E-state index in [0.717, 1.165) is 36.0 Å². The molecular weight excluding hydrogens is 210 g/mol. The highest BCUT2D eigenvalue weighted by Crippen LogP contribution is 2.21. The molecule has 1 aromatic heterocycles. The van der Waals surface area contributed by atoms with E-state index in [1.165, 1.54) is 19.3 Å². The lowest BCUT2D eigenvalue weighted by Crippen LogP contribution is -2.07. The van der Waals surface area contributed by atoms with Gasteiger partial charge in [0.05, 0.1) is 0 Å². The first-order chi connectivity index (χ1) is 8.29. The van der Waals surface area contributed by atoms with Crippen molar-refractivity contribution >= 4 is 5.78 Å². The van der Waals surface area contributed by atoms with E-state index in [0.29, 0.717) is 0 Å². The zero-order chi connectivity index (χ0) is 12.1. The van der Waals surface area contributed by atoms with Gasteiger partial charge in [0.25, 0.3) is 0 Å². The van der Waals surface area contributed by atoms with Crippen LogP contribution in [0.15, 0.2) is 30.1 Å². The van der Waals surface area contributed by atoms with Crippen LogP contribution in [0, 0.1) is 6.92 Å². The maximum Gasteiger partial charge on any atom is 0.189 e. The van der Waals surface area contributed by atoms with Gasteiger partial charge in [0.15, 0.2) is 5.78 Å². The van der Waals surface area contributed by atoms with Gasteiger partial charge in [0.1, 0.15) is 0 Å². The van der Waals surface area contributed by atoms with Crippen molar-refractivity contribution in [2.75, 3.05) is 0 Å². The van der Waals surface area contributed by atoms with E-state index < -0.39 is 0 Å². The Balaban J connectivity index is 2.21. The van der Waals surface area contributed by atoms with E-state index in [4.69, 9.17) is 0 Å². The molecule has 2 nitrogen and oxygen atoms in total. The number of aryl methyl sites for hydroxylation is 1. The van der Waals surface area contributed by atoms with Crippen LogP contribution in [0.2, 0.25) is 0 Å². The topological polar surface area (TPSA) is 30.0 Å². The minimum Gasteiger partial charge on any atom is -0.289 e. The number of Topliss-reactive ketones (excluding diaryl/α,β-unsaturated/α-hetero) is 1. The Morgan fingerprint density at radius 1 is 1.24 bits per heavy atom. The zero-order valence-electron chi connectivity index (χ0n) is 10.4. The number of hydrogen-bond acceptors (Lipinski definition) is 2. The van der Waals surface area contributed by atoms with Crippen LogP contribution >= 0.6 is 0 Å². The highest BCUT2D eigenvalue weighted by atomic mass is 16.1. The van der Waals surface area contributed by atoms with Crippen molar-refractivity contribution in [2.24, 2.45) is 0 Å². The molecule has 1 aromatic rings. The predicted molar refractivity (Wildman–Crippen MR) is 69.1 cm³/mol. The highest BCUT2D eigenvalue weighted by Gasteiger charge is 2.14. The van der Waals surface area contributed by atoms with Gasteiger partial charge in [-0.25, -0.2) is 0 Å². The molecule has 2 heteroatoms. The molecule has 17 heavy (non-hydrogen) atoms. The molecule has 0 aromatic carbocycles. The summed E-state index contributed by atoms with van der Waals surface area (Å²) in [5.74, 6) is 0.201. The third-order valence-electron chi connectivity index (χ3n) is 3.35. The molecule has 0 amide bonds. The van der Waals surface area contributed by atoms with Crippen molar-refractivity contribution in [1.29, 1.82) is 0 Å². The Kier molecular flexibility index (Phi) is 4.08. The van der Waals surface area contributed by atoms with Gasteiger partial charge < -0.3 is 0 Å². The Labute approximate surface area is 103 Å². The van der Waals surface area contributed by atoms with Crippen LogP contribution < -0.4 is 0 Å². The lowest BCUT2D eigenvalue weighted by molar-refractivity contribution is 0.102. The normalized spacial score (nSPS) is 19.9. The van der Waals surface area contributed by atoms with E-state index in [1.807, 2.05) is 13.0 Å². The number of aromatic nitrogens is 1. The number of carbonyl (C=O) groups excluding carboxylic acids is 1. The van der Waals surface area contributed by atoms with E-state index in [-0.39, 0.29) is 5.78 Å². The number of ketones is 1. The third-order valence-corrected chi connectivity index (χ3v) is 3.35. The number of rotatable bonds is 2. The third kappa shape index (κ3) is 3.02. The standard InChI is InChI=1S/C15H19NO/c1-12-11-16-10-9-14(12)15(17)13-7-5-3-2-4-6-8-13/h7,9-11H,2-6,8H2,1H3/b13-7+. The van der Waals surface area contributed by atoms with Gasteiger partial charge in [-0.15, -0.1) is 0 Å². The van der Waals surface area contributed by atoms with Crippen molar-refractivity contribution in [3.8, 4) is 0 Å². The van der Waals surface area contributed by atoms with Gasteiger partial charge in [-0.2, -0.15) is 0 Å². The number of hydrogen-bond donors (Lipinski definition) is 0. The minimum absolute atomic E-state index is 0.201. The average Bonchev–Trinajstić information content (AvgIpc) is 2.28. The molecule has 0 bridgehead atoms. The maximum absolute atomic E-state index is 12.4. The first-order valence-electron chi connectivity index (χ1n) is 6.43. The minimum atomic E-state index is 0.201. The van der Waals surface area contributed by atoms with Crippen LogP contribution in [0.1, 0.15) is 54.4 Å². The summed E-state index contributed by atoms with van der Waals surface area (Å²) in [5, 5.41) is 0. The SMILES string of the molecule is Cc1cnccc1C(=O)/C1=C/CCCCCC1. The fourth-order valence-corrected chi connectivity index (χ4v) is 2.30. The summed E-state index contributed by atoms with van der Waals surface area (Å²) in [6.07, 6.45) is 12.5. The predicted octanol–water partition coefficient (Wildman–Crippen LogP) is 3.85. The summed E-state index contributed by atoms with van der Waals surface area (Å²) in [5.41, 5.74) is 2.78. The van der Waals surface area contributed by atoms with Crippen LogP contribution in [0.3, 0.4) is 0 Å². The molecule has 0 saturated heterocycles. The molecule has 0 N–H and O–H groups in total. The number of carbonyl (C=O) groups is 1. The van der Waals surface area contributed by atoms with Gasteiger partial charge >= 0.3 is 0 Å². The molecule has 0 atom stereocenters. The second-order valence-electron chi connectivity index (χ2n) is 4.70. The molecule has 0 unspecified atom stereocenters. The summed E-state index contributed by atoms with van der Waals surface area (Å²) in [4.78, 5) is 16.4. The van der Waals surface area contributed by atoms with Gasteiger partial charge in [0, 0.05) is 18.0 Å². The fraction of sp³-hybridized carbons (Fsp3) is 0.467. The highest BCUT2D eigenvalue weighted by molar-refractivity contribution is 6.09. The monoisotopic (exact) mass is 229 g/mol. The molecule has 0 saturated carbocycles. The molecule has 1 heterocycles. The van der Waals surface area contributed by atoms with Crippen LogP contribution in [0.4, 0.5) is 0 Å². The van der Waals surface area contributed by atoms with E-state index in [9.17, 15) is 4.79 Å². The molecule has 0 spiro atoms. The molecule has 0 radical (unpaired) electrons. The lowest BCUT2D eigenvalue weighted by Gasteiger charge is -2.11. The van der Waals surface area contributed by atoms with E-state index in [2.05, 4.69) is 11.1 Å². The van der Waals surface area contributed by atoms with Crippen molar-refractivity contribution in [3.63, 3.8) is 0 Å². The van der Waals surface area contributed by atoms with Crippen LogP contribution in [0.5, 0.6) is 0 Å². The van der Waals surface area contributed by atoms with Crippen LogP contribution in [0.25, 0.3) is 0 Å². The van der Waals surface area contributed by atoms with Crippen molar-refractivity contribution in [1.82, 2.24) is 4.98 Å². The zero-order valence-corrected chi connectivity index (χ0v) is 10.4. The molecule has 1 aliphatic rings. The Hall–Kier alpha value is -1.44. The molecule has 0 fully saturated rings. The Morgan fingerprint density at radius 3 is 2.88 bits per heavy atom. The molecule has 0 aliphatic heterocycles. The second kappa shape index (κ2) is 5.76. The van der Waals surface area contributed by atoms with Crippen molar-refractivity contribution in [3.05, 3.63) is 41.2 Å². The lowest BCUT2D eigenvalue weighted by atomic mass is 9.93. The van der Waals surface area contributed by atoms with Crippen molar-refractivity contribution in [2.45, 2.75) is 45.4 Å². The smallest absolute Gasteiger partial charge is 0.189 e. The Bertz CT molecular complexity index is 434. The van der Waals surface area contributed by atoms with Crippen LogP contribution in [-0.4, -0.2) is 10.8 Å². The summed E-state index contributed by atoms with van der Waals surface area (Å²) in [6.45, 7) is 1.95. The first-order valence-corrected chi connectivity index (χ1v) is 6.43. The molecular formula is C15H19NO. The van der Waals surface area contributed by atoms with E-state index >= 15 is 0 Å². The molecule has 2 rings (SSSR count). The molecule has 1 aliphatic carbocycles. The first kappa shape index (κ1) is 12.0. The summed E-state index contributed by atoms with van der Waals surface area (Å²) in [6, 6.07) is 1.83. The maximum atomic E-state index is 12.4. The quantitative estimate of drug-likeness (QED) is 0.721. The van der Waals surface area contributed by atoms with Gasteiger partial charge in [-0.3, -0.25) is 9.78 Å². The van der Waals surface area contributed by atoms with Gasteiger partial charge in [0.2, 0.25) is 0 Å². The molecule has 90 valence electrons. The second-order valence-corrected chi connectivity index (χ2v) is 4.70.